The summed E-state index contributed by atoms with van der Waals surface area (Å²) in [5, 5.41) is 3.47. The molecule has 1 saturated carbocycles. The van der Waals surface area contributed by atoms with Crippen molar-refractivity contribution in [2.24, 2.45) is 11.8 Å². The van der Waals surface area contributed by atoms with Gasteiger partial charge in [0.15, 0.2) is 0 Å². The molecule has 1 aliphatic carbocycles. The quantitative estimate of drug-likeness (QED) is 0.710. The van der Waals surface area contributed by atoms with Gasteiger partial charge in [0.2, 0.25) is 0 Å². The zero-order chi connectivity index (χ0) is 10.4. The first kappa shape index (κ1) is 12.0. The summed E-state index contributed by atoms with van der Waals surface area (Å²) < 4.78 is 0. The van der Waals surface area contributed by atoms with E-state index < -0.39 is 0 Å². The third-order valence-corrected chi connectivity index (χ3v) is 3.97. The van der Waals surface area contributed by atoms with Crippen molar-refractivity contribution in [3.63, 3.8) is 0 Å². The topological polar surface area (TPSA) is 12.0 Å². The number of rotatable bonds is 5. The third-order valence-electron chi connectivity index (χ3n) is 3.97. The summed E-state index contributed by atoms with van der Waals surface area (Å²) in [5.41, 5.74) is 0. The summed E-state index contributed by atoms with van der Waals surface area (Å²) in [7, 11) is 2.12. The molecular weight excluding hydrogens is 170 g/mol. The largest absolute Gasteiger partial charge is 0.317 e. The average Bonchev–Trinajstić information content (AvgIpc) is 2.23. The summed E-state index contributed by atoms with van der Waals surface area (Å²) in [6.07, 6.45) is 10.0. The van der Waals surface area contributed by atoms with Crippen molar-refractivity contribution in [2.45, 2.75) is 64.8 Å². The Hall–Kier alpha value is -0.0400. The van der Waals surface area contributed by atoms with E-state index in [-0.39, 0.29) is 0 Å². The second kappa shape index (κ2) is 6.44. The molecule has 14 heavy (non-hydrogen) atoms. The SMILES string of the molecule is CCCC1CCC(C(CC)NC)CC1. The molecule has 1 aliphatic rings. The van der Waals surface area contributed by atoms with Gasteiger partial charge in [0.25, 0.3) is 0 Å². The number of hydrogen-bond acceptors (Lipinski definition) is 1. The molecule has 0 spiro atoms. The lowest BCUT2D eigenvalue weighted by Gasteiger charge is -2.33. The maximum absolute atomic E-state index is 3.47. The maximum atomic E-state index is 3.47. The van der Waals surface area contributed by atoms with Gasteiger partial charge in [-0.15, -0.1) is 0 Å². The Labute approximate surface area is 89.7 Å². The molecule has 1 heteroatoms. The minimum atomic E-state index is 0.776. The van der Waals surface area contributed by atoms with Gasteiger partial charge in [0.05, 0.1) is 0 Å². The van der Waals surface area contributed by atoms with E-state index in [0.29, 0.717) is 0 Å². The van der Waals surface area contributed by atoms with Gasteiger partial charge in [-0.2, -0.15) is 0 Å². The van der Waals surface area contributed by atoms with Crippen LogP contribution in [-0.2, 0) is 0 Å². The molecule has 1 rings (SSSR count). The lowest BCUT2D eigenvalue weighted by atomic mass is 9.76. The first-order valence-electron chi connectivity index (χ1n) is 6.49. The van der Waals surface area contributed by atoms with Gasteiger partial charge in [-0.1, -0.05) is 39.5 Å². The number of nitrogens with one attached hydrogen (secondary N) is 1. The van der Waals surface area contributed by atoms with Crippen LogP contribution in [-0.4, -0.2) is 13.1 Å². The van der Waals surface area contributed by atoms with Crippen LogP contribution in [0.3, 0.4) is 0 Å². The summed E-state index contributed by atoms with van der Waals surface area (Å²) in [4.78, 5) is 0. The van der Waals surface area contributed by atoms with Crippen LogP contribution in [0.15, 0.2) is 0 Å². The lowest BCUT2D eigenvalue weighted by Crippen LogP contribution is -2.35. The Morgan fingerprint density at radius 1 is 1.14 bits per heavy atom. The van der Waals surface area contributed by atoms with E-state index >= 15 is 0 Å². The Balaban J connectivity index is 2.27. The van der Waals surface area contributed by atoms with E-state index in [9.17, 15) is 0 Å². The van der Waals surface area contributed by atoms with Crippen LogP contribution < -0.4 is 5.32 Å². The van der Waals surface area contributed by atoms with Crippen LogP contribution in [0.4, 0.5) is 0 Å². The first-order chi connectivity index (χ1) is 6.81. The van der Waals surface area contributed by atoms with Crippen molar-refractivity contribution in [3.05, 3.63) is 0 Å². The van der Waals surface area contributed by atoms with E-state index in [1.165, 1.54) is 44.9 Å². The minimum absolute atomic E-state index is 0.776. The molecule has 84 valence electrons. The molecule has 0 radical (unpaired) electrons. The molecule has 1 fully saturated rings. The van der Waals surface area contributed by atoms with Gasteiger partial charge in [-0.25, -0.2) is 0 Å². The van der Waals surface area contributed by atoms with Crippen molar-refractivity contribution >= 4 is 0 Å². The predicted molar refractivity (Wildman–Crippen MR) is 63.5 cm³/mol. The molecule has 0 heterocycles. The summed E-state index contributed by atoms with van der Waals surface area (Å²) in [6, 6.07) is 0.776. The zero-order valence-corrected chi connectivity index (χ0v) is 10.2. The lowest BCUT2D eigenvalue weighted by molar-refractivity contribution is 0.215. The Bertz CT molecular complexity index is 132. The van der Waals surface area contributed by atoms with Crippen LogP contribution in [0.25, 0.3) is 0 Å². The van der Waals surface area contributed by atoms with Crippen molar-refractivity contribution in [1.82, 2.24) is 5.32 Å². The van der Waals surface area contributed by atoms with Gasteiger partial charge in [-0.05, 0) is 38.1 Å². The molecule has 0 amide bonds. The smallest absolute Gasteiger partial charge is 0.00897 e. The molecule has 0 aromatic heterocycles. The fraction of sp³-hybridized carbons (Fsp3) is 1.00. The van der Waals surface area contributed by atoms with E-state index in [1.807, 2.05) is 0 Å². The summed E-state index contributed by atoms with van der Waals surface area (Å²) >= 11 is 0. The molecule has 0 saturated heterocycles. The van der Waals surface area contributed by atoms with E-state index in [4.69, 9.17) is 0 Å². The molecule has 0 aromatic carbocycles. The van der Waals surface area contributed by atoms with Crippen LogP contribution in [0.1, 0.15) is 58.8 Å². The number of hydrogen-bond donors (Lipinski definition) is 1. The zero-order valence-electron chi connectivity index (χ0n) is 10.2. The monoisotopic (exact) mass is 197 g/mol. The van der Waals surface area contributed by atoms with E-state index in [1.54, 1.807) is 0 Å². The van der Waals surface area contributed by atoms with Crippen molar-refractivity contribution in [1.29, 1.82) is 0 Å². The standard InChI is InChI=1S/C13H27N/c1-4-6-11-7-9-12(10-8-11)13(5-2)14-3/h11-14H,4-10H2,1-3H3. The normalized spacial score (nSPS) is 30.2. The van der Waals surface area contributed by atoms with E-state index in [2.05, 4.69) is 26.2 Å². The minimum Gasteiger partial charge on any atom is -0.317 e. The van der Waals surface area contributed by atoms with Gasteiger partial charge in [0.1, 0.15) is 0 Å². The van der Waals surface area contributed by atoms with E-state index in [0.717, 1.165) is 17.9 Å². The van der Waals surface area contributed by atoms with Crippen molar-refractivity contribution in [3.8, 4) is 0 Å². The highest BCUT2D eigenvalue weighted by atomic mass is 14.9. The predicted octanol–water partition coefficient (Wildman–Crippen LogP) is 3.59. The average molecular weight is 197 g/mol. The second-order valence-corrected chi connectivity index (χ2v) is 4.87. The highest BCUT2D eigenvalue weighted by Crippen LogP contribution is 2.33. The third kappa shape index (κ3) is 3.27. The van der Waals surface area contributed by atoms with Gasteiger partial charge in [-0.3, -0.25) is 0 Å². The van der Waals surface area contributed by atoms with Crippen LogP contribution >= 0.6 is 0 Å². The van der Waals surface area contributed by atoms with Crippen molar-refractivity contribution < 1.29 is 0 Å². The summed E-state index contributed by atoms with van der Waals surface area (Å²) in [6.45, 7) is 4.62. The molecule has 0 aliphatic heterocycles. The molecule has 0 bridgehead atoms. The van der Waals surface area contributed by atoms with Gasteiger partial charge in [0, 0.05) is 6.04 Å². The molecule has 1 nitrogen and oxygen atoms in total. The maximum Gasteiger partial charge on any atom is 0.00897 e. The molecule has 1 unspecified atom stereocenters. The fourth-order valence-electron chi connectivity index (χ4n) is 3.06. The molecule has 1 atom stereocenters. The highest BCUT2D eigenvalue weighted by Gasteiger charge is 2.25. The molecule has 1 N–H and O–H groups in total. The first-order valence-corrected chi connectivity index (χ1v) is 6.49. The molecule has 0 aromatic rings. The van der Waals surface area contributed by atoms with Crippen molar-refractivity contribution in [2.75, 3.05) is 7.05 Å². The second-order valence-electron chi connectivity index (χ2n) is 4.87. The van der Waals surface area contributed by atoms with Crippen LogP contribution in [0.2, 0.25) is 0 Å². The van der Waals surface area contributed by atoms with Crippen LogP contribution in [0.5, 0.6) is 0 Å². The fourth-order valence-corrected chi connectivity index (χ4v) is 3.06. The Morgan fingerprint density at radius 3 is 2.21 bits per heavy atom. The highest BCUT2D eigenvalue weighted by molar-refractivity contribution is 4.80. The Kier molecular flexibility index (Phi) is 5.54. The molecular formula is C13H27N. The Morgan fingerprint density at radius 2 is 1.79 bits per heavy atom. The van der Waals surface area contributed by atoms with Gasteiger partial charge >= 0.3 is 0 Å². The summed E-state index contributed by atoms with van der Waals surface area (Å²) in [5.74, 6) is 2.00. The van der Waals surface area contributed by atoms with Crippen LogP contribution in [0, 0.1) is 11.8 Å². The van der Waals surface area contributed by atoms with Gasteiger partial charge < -0.3 is 5.32 Å².